The molecule has 9 atom stereocenters. The molecule has 0 aromatic carbocycles. The Kier molecular flexibility index (Phi) is 42.4. The van der Waals surface area contributed by atoms with Crippen LogP contribution in [0, 0.1) is 34.0 Å². The second-order valence-corrected chi connectivity index (χ2v) is 28.6. The number of thioether (sulfide) groups is 6. The van der Waals surface area contributed by atoms with Crippen molar-refractivity contribution in [2.45, 2.75) is 178 Å². The van der Waals surface area contributed by atoms with Crippen molar-refractivity contribution in [2.75, 3.05) is 110 Å². The summed E-state index contributed by atoms with van der Waals surface area (Å²) < 4.78 is 62.7. The first-order valence-electron chi connectivity index (χ1n) is 28.8. The molecule has 6 saturated heterocycles. The van der Waals surface area contributed by atoms with Crippen molar-refractivity contribution in [3.05, 3.63) is 0 Å². The van der Waals surface area contributed by atoms with Gasteiger partial charge in [0.2, 0.25) is 25.2 Å². The fraction of sp³-hybridized carbons (Fsp3) is 0.895. The number of hydrogen-bond acceptors (Lipinski definition) is 24. The van der Waals surface area contributed by atoms with Crippen molar-refractivity contribution in [3.63, 3.8) is 0 Å². The maximum absolute atomic E-state index is 11.7. The SMILES string of the molecule is CCC(C)(C)C(=O)OC1COCCO1.CCC(C)(C)C(=O)OC1CSCCO1.CCC(C)(C)C(=O)OC1CSCCS1.CCC(C)C(=O)OC1COCCO1.CCC(C)C(=O)OC1CSCCO1.CCC(C)C(=O)OC1CSCCS1. The lowest BCUT2D eigenvalue weighted by Crippen LogP contribution is -2.37. The summed E-state index contributed by atoms with van der Waals surface area (Å²) in [6.07, 6.45) is 3.14. The third-order valence-corrected chi connectivity index (χ3v) is 20.6. The first-order valence-corrected chi connectivity index (χ1v) is 35.5. The molecule has 0 aliphatic carbocycles. The van der Waals surface area contributed by atoms with E-state index < -0.39 is 23.4 Å². The summed E-state index contributed by atoms with van der Waals surface area (Å²) in [4.78, 5) is 69.0. The van der Waals surface area contributed by atoms with Gasteiger partial charge in [-0.05, 0) is 80.1 Å². The van der Waals surface area contributed by atoms with E-state index in [4.69, 9.17) is 56.8 Å². The van der Waals surface area contributed by atoms with E-state index in [-0.39, 0.29) is 82.4 Å². The zero-order valence-corrected chi connectivity index (χ0v) is 56.4. The summed E-state index contributed by atoms with van der Waals surface area (Å²) in [5.74, 6) is 9.09. The van der Waals surface area contributed by atoms with Crippen molar-refractivity contribution in [2.24, 2.45) is 34.0 Å². The quantitative estimate of drug-likeness (QED) is 0.0921. The molecule has 0 amide bonds. The molecule has 0 saturated carbocycles. The van der Waals surface area contributed by atoms with E-state index in [1.807, 2.05) is 127 Å². The van der Waals surface area contributed by atoms with Gasteiger partial charge in [0.15, 0.2) is 10.9 Å². The molecule has 18 nitrogen and oxygen atoms in total. The molecule has 6 heterocycles. The van der Waals surface area contributed by atoms with Crippen LogP contribution in [0.25, 0.3) is 0 Å². The van der Waals surface area contributed by atoms with E-state index in [1.165, 1.54) is 11.5 Å². The minimum absolute atomic E-state index is 0.0180. The highest BCUT2D eigenvalue weighted by atomic mass is 32.2. The first kappa shape index (κ1) is 77.7. The first-order chi connectivity index (χ1) is 38.4. The van der Waals surface area contributed by atoms with Crippen LogP contribution < -0.4 is 0 Å². The standard InChI is InChI=1S/C10H18O4.C10H18O3S.C10H18O2S2.C9H16O4.C9H16O3S.C9H16O2S2/c1-4-10(2,3)9(11)14-8-7-12-5-6-13-8;1-4-10(2,3)9(11)13-8-7-14-6-5-12-8;1-4-10(2,3)9(11)12-8-7-13-5-6-14-8;1-3-7(2)9(10)13-8-6-11-4-5-12-8;1-3-7(2)9(10)12-8-6-13-5-4-11-8;1-3-7(2)9(10)11-8-6-12-4-5-13-8/h3*8H,4-7H2,1-3H3;3*7-8H,3-6H2,1-2H3. The number of rotatable bonds is 18. The predicted molar refractivity (Wildman–Crippen MR) is 330 cm³/mol. The average molecular weight is 1270 g/mol. The van der Waals surface area contributed by atoms with Crippen LogP contribution in [0.4, 0.5) is 0 Å². The normalized spacial score (nSPS) is 24.2. The summed E-state index contributed by atoms with van der Waals surface area (Å²) in [7, 11) is 0. The molecular weight excluding hydrogens is 1170 g/mol. The largest absolute Gasteiger partial charge is 0.450 e. The van der Waals surface area contributed by atoms with Crippen molar-refractivity contribution in [1.29, 1.82) is 0 Å². The Hall–Kier alpha value is -1.32. The highest BCUT2D eigenvalue weighted by Crippen LogP contribution is 2.30. The van der Waals surface area contributed by atoms with Crippen LogP contribution in [-0.4, -0.2) is 182 Å². The molecule has 0 radical (unpaired) electrons. The van der Waals surface area contributed by atoms with Crippen LogP contribution in [0.2, 0.25) is 0 Å². The molecule has 24 heteroatoms. The fourth-order valence-electron chi connectivity index (χ4n) is 5.71. The number of hydrogen-bond donors (Lipinski definition) is 0. The number of esters is 6. The molecule has 0 spiro atoms. The van der Waals surface area contributed by atoms with E-state index in [0.29, 0.717) is 52.9 Å². The zero-order chi connectivity index (χ0) is 60.9. The Balaban J connectivity index is 0.000000486. The smallest absolute Gasteiger partial charge is 0.313 e. The van der Waals surface area contributed by atoms with Gasteiger partial charge in [0.25, 0.3) is 0 Å². The van der Waals surface area contributed by atoms with E-state index in [1.54, 1.807) is 47.0 Å². The Labute approximate surface area is 511 Å². The summed E-state index contributed by atoms with van der Waals surface area (Å²) in [5.41, 5.74) is -0.998. The maximum Gasteiger partial charge on any atom is 0.313 e. The van der Waals surface area contributed by atoms with Crippen LogP contribution in [0.5, 0.6) is 0 Å². The highest BCUT2D eigenvalue weighted by Gasteiger charge is 2.33. The lowest BCUT2D eigenvalue weighted by atomic mass is 9.91. The maximum atomic E-state index is 11.7. The monoisotopic (exact) mass is 1270 g/mol. The molecule has 81 heavy (non-hydrogen) atoms. The molecule has 0 aromatic rings. The minimum Gasteiger partial charge on any atom is -0.450 e. The van der Waals surface area contributed by atoms with Crippen molar-refractivity contribution < 1.29 is 85.6 Å². The summed E-state index contributed by atoms with van der Waals surface area (Å²) in [6, 6.07) is 0. The third kappa shape index (κ3) is 34.6. The Morgan fingerprint density at radius 2 is 0.716 bits per heavy atom. The summed E-state index contributed by atoms with van der Waals surface area (Å²) >= 11 is 10.8. The van der Waals surface area contributed by atoms with Crippen molar-refractivity contribution in [3.8, 4) is 0 Å². The van der Waals surface area contributed by atoms with Gasteiger partial charge in [0, 0.05) is 46.0 Å². The topological polar surface area (TPSA) is 213 Å². The third-order valence-electron chi connectivity index (χ3n) is 13.5. The van der Waals surface area contributed by atoms with Gasteiger partial charge in [-0.15, -0.1) is 23.5 Å². The molecule has 6 rings (SSSR count). The van der Waals surface area contributed by atoms with E-state index in [0.717, 1.165) is 84.5 Å². The molecule has 6 fully saturated rings. The Morgan fingerprint density at radius 1 is 0.395 bits per heavy atom. The van der Waals surface area contributed by atoms with Gasteiger partial charge in [-0.2, -0.15) is 47.0 Å². The molecule has 474 valence electrons. The van der Waals surface area contributed by atoms with Crippen LogP contribution >= 0.6 is 70.6 Å². The Morgan fingerprint density at radius 3 is 1.05 bits per heavy atom. The average Bonchev–Trinajstić information content (AvgIpc) is 3.49. The van der Waals surface area contributed by atoms with Crippen LogP contribution in [0.1, 0.15) is 142 Å². The second kappa shape index (κ2) is 44.2. The van der Waals surface area contributed by atoms with Crippen LogP contribution in [0.3, 0.4) is 0 Å². The van der Waals surface area contributed by atoms with E-state index >= 15 is 0 Å². The Bertz CT molecular complexity index is 1530. The molecule has 0 aromatic heterocycles. The zero-order valence-electron chi connectivity index (χ0n) is 51.5. The predicted octanol–water partition coefficient (Wildman–Crippen LogP) is 11.2. The van der Waals surface area contributed by atoms with E-state index in [2.05, 4.69) is 0 Å². The van der Waals surface area contributed by atoms with Gasteiger partial charge in [0.05, 0.1) is 85.1 Å². The fourth-order valence-corrected chi connectivity index (χ4v) is 11.9. The summed E-state index contributed by atoms with van der Waals surface area (Å²) in [5, 5.41) is 0. The lowest BCUT2D eigenvalue weighted by Gasteiger charge is -2.27. The van der Waals surface area contributed by atoms with Crippen molar-refractivity contribution >= 4 is 106 Å². The van der Waals surface area contributed by atoms with Gasteiger partial charge >= 0.3 is 35.8 Å². The minimum atomic E-state index is -0.526. The lowest BCUT2D eigenvalue weighted by molar-refractivity contribution is -0.220. The van der Waals surface area contributed by atoms with E-state index in [9.17, 15) is 28.8 Å². The molecule has 9 unspecified atom stereocenters. The number of carbonyl (C=O) groups excluding carboxylic acids is 6. The molecule has 6 aliphatic heterocycles. The van der Waals surface area contributed by atoms with Gasteiger partial charge in [-0.25, -0.2) is 0 Å². The van der Waals surface area contributed by atoms with Gasteiger partial charge < -0.3 is 56.8 Å². The molecule has 0 N–H and O–H groups in total. The van der Waals surface area contributed by atoms with Crippen LogP contribution in [-0.2, 0) is 85.6 Å². The number of carbonyl (C=O) groups is 6. The molecule has 6 aliphatic rings. The van der Waals surface area contributed by atoms with Crippen LogP contribution in [0.15, 0.2) is 0 Å². The molecular formula is C57H102O18S6. The van der Waals surface area contributed by atoms with Crippen molar-refractivity contribution in [1.82, 2.24) is 0 Å². The second-order valence-electron chi connectivity index (χ2n) is 21.4. The van der Waals surface area contributed by atoms with Gasteiger partial charge in [0.1, 0.15) is 13.2 Å². The summed E-state index contributed by atoms with van der Waals surface area (Å²) in [6.45, 7) is 33.1. The molecule has 0 bridgehead atoms. The number of ether oxygens (including phenoxy) is 12. The van der Waals surface area contributed by atoms with Gasteiger partial charge in [-0.3, -0.25) is 28.8 Å². The highest BCUT2D eigenvalue weighted by molar-refractivity contribution is 8.07. The van der Waals surface area contributed by atoms with Gasteiger partial charge in [-0.1, -0.05) is 62.3 Å².